The summed E-state index contributed by atoms with van der Waals surface area (Å²) in [5, 5.41) is 8.92. The topological polar surface area (TPSA) is 87.9 Å². The van der Waals surface area contributed by atoms with Crippen molar-refractivity contribution in [1.29, 1.82) is 5.26 Å². The number of aromatic amines is 1. The highest BCUT2D eigenvalue weighted by atomic mass is 16.5. The summed E-state index contributed by atoms with van der Waals surface area (Å²) in [6, 6.07) is 16.7. The van der Waals surface area contributed by atoms with Gasteiger partial charge in [0.05, 0.1) is 30.1 Å². The van der Waals surface area contributed by atoms with E-state index in [4.69, 9.17) is 5.26 Å². The molecule has 0 radical (unpaired) electrons. The summed E-state index contributed by atoms with van der Waals surface area (Å²) in [5.41, 5.74) is 4.44. The molecule has 27 heavy (non-hydrogen) atoms. The van der Waals surface area contributed by atoms with E-state index >= 15 is 0 Å². The van der Waals surface area contributed by atoms with Gasteiger partial charge in [-0.15, -0.1) is 0 Å². The lowest BCUT2D eigenvalue weighted by molar-refractivity contribution is -0.140. The number of methoxy groups -OCH3 is 1. The number of ether oxygens (including phenoxy) is 1. The van der Waals surface area contributed by atoms with Crippen molar-refractivity contribution in [1.82, 2.24) is 9.55 Å². The maximum Gasteiger partial charge on any atom is 0.330 e. The Hall–Kier alpha value is -3.59. The molecule has 0 fully saturated rings. The fraction of sp³-hybridized carbons (Fsp3) is 0.190. The SMILES string of the molecule is COC(=O)CCc1ccc(-n2c(C)c(-c3ccc(C#N)cc3)[nH]c2=O)cc1. The van der Waals surface area contributed by atoms with Crippen LogP contribution in [0.2, 0.25) is 0 Å². The number of aryl methyl sites for hydroxylation is 1. The first-order valence-corrected chi connectivity index (χ1v) is 8.51. The second-order valence-corrected chi connectivity index (χ2v) is 6.16. The van der Waals surface area contributed by atoms with Crippen LogP contribution in [0, 0.1) is 18.3 Å². The van der Waals surface area contributed by atoms with Crippen LogP contribution in [0.3, 0.4) is 0 Å². The molecule has 0 saturated heterocycles. The molecule has 0 atom stereocenters. The van der Waals surface area contributed by atoms with Crippen LogP contribution < -0.4 is 5.69 Å². The Balaban J connectivity index is 1.89. The molecule has 0 saturated carbocycles. The Morgan fingerprint density at radius 2 is 1.81 bits per heavy atom. The highest BCUT2D eigenvalue weighted by Gasteiger charge is 2.13. The van der Waals surface area contributed by atoms with E-state index < -0.39 is 0 Å². The van der Waals surface area contributed by atoms with Crippen molar-refractivity contribution in [3.63, 3.8) is 0 Å². The van der Waals surface area contributed by atoms with Crippen LogP contribution in [0.1, 0.15) is 23.2 Å². The van der Waals surface area contributed by atoms with Crippen LogP contribution in [0.15, 0.2) is 53.3 Å². The summed E-state index contributed by atoms with van der Waals surface area (Å²) < 4.78 is 6.26. The number of rotatable bonds is 5. The number of benzene rings is 2. The van der Waals surface area contributed by atoms with Crippen molar-refractivity contribution >= 4 is 5.97 Å². The molecule has 6 heteroatoms. The van der Waals surface area contributed by atoms with Gasteiger partial charge in [0.25, 0.3) is 0 Å². The third kappa shape index (κ3) is 3.82. The molecule has 1 heterocycles. The Kier molecular flexibility index (Phi) is 5.23. The number of nitriles is 1. The average molecular weight is 361 g/mol. The molecule has 3 rings (SSSR count). The molecule has 0 aliphatic carbocycles. The standard InChI is InChI=1S/C21H19N3O3/c1-14-20(17-8-3-16(13-22)4-9-17)23-21(26)24(14)18-10-5-15(6-11-18)7-12-19(25)27-2/h3-6,8-11H,7,12H2,1-2H3,(H,23,26). The van der Waals surface area contributed by atoms with E-state index in [1.807, 2.05) is 43.3 Å². The lowest BCUT2D eigenvalue weighted by Crippen LogP contribution is -2.15. The Morgan fingerprint density at radius 3 is 2.41 bits per heavy atom. The number of hydrogen-bond acceptors (Lipinski definition) is 4. The number of carbonyl (C=O) groups is 1. The van der Waals surface area contributed by atoms with Gasteiger partial charge in [-0.3, -0.25) is 9.36 Å². The van der Waals surface area contributed by atoms with Crippen LogP contribution >= 0.6 is 0 Å². The van der Waals surface area contributed by atoms with E-state index in [-0.39, 0.29) is 11.7 Å². The summed E-state index contributed by atoms with van der Waals surface area (Å²) in [6.07, 6.45) is 0.909. The zero-order valence-corrected chi connectivity index (χ0v) is 15.2. The molecule has 0 aliphatic rings. The Bertz CT molecular complexity index is 1050. The first kappa shape index (κ1) is 18.2. The van der Waals surface area contributed by atoms with E-state index in [0.717, 1.165) is 28.2 Å². The van der Waals surface area contributed by atoms with Crippen LogP contribution in [-0.4, -0.2) is 22.6 Å². The minimum absolute atomic E-state index is 0.228. The predicted octanol–water partition coefficient (Wildman–Crippen LogP) is 3.12. The van der Waals surface area contributed by atoms with Crippen molar-refractivity contribution in [2.75, 3.05) is 7.11 Å². The second kappa shape index (κ2) is 7.75. The van der Waals surface area contributed by atoms with Gasteiger partial charge in [-0.2, -0.15) is 5.26 Å². The highest BCUT2D eigenvalue weighted by Crippen LogP contribution is 2.22. The third-order valence-electron chi connectivity index (χ3n) is 4.47. The molecule has 6 nitrogen and oxygen atoms in total. The van der Waals surface area contributed by atoms with Crippen LogP contribution in [0.25, 0.3) is 16.9 Å². The average Bonchev–Trinajstić information content (AvgIpc) is 3.00. The van der Waals surface area contributed by atoms with Crippen LogP contribution in [-0.2, 0) is 16.0 Å². The largest absolute Gasteiger partial charge is 0.469 e. The lowest BCUT2D eigenvalue weighted by Gasteiger charge is -2.07. The van der Waals surface area contributed by atoms with Gasteiger partial charge in [0, 0.05) is 12.1 Å². The molecule has 136 valence electrons. The molecule has 2 aromatic carbocycles. The third-order valence-corrected chi connectivity index (χ3v) is 4.47. The zero-order chi connectivity index (χ0) is 19.4. The van der Waals surface area contributed by atoms with Gasteiger partial charge < -0.3 is 9.72 Å². The molecule has 1 N–H and O–H groups in total. The first-order valence-electron chi connectivity index (χ1n) is 8.51. The van der Waals surface area contributed by atoms with E-state index in [0.29, 0.717) is 18.4 Å². The summed E-state index contributed by atoms with van der Waals surface area (Å²) in [7, 11) is 1.37. The molecule has 0 bridgehead atoms. The predicted molar refractivity (Wildman–Crippen MR) is 102 cm³/mol. The molecule has 1 aromatic heterocycles. The monoisotopic (exact) mass is 361 g/mol. The molecule has 0 aliphatic heterocycles. The van der Waals surface area contributed by atoms with Crippen molar-refractivity contribution < 1.29 is 9.53 Å². The van der Waals surface area contributed by atoms with Crippen molar-refractivity contribution in [3.8, 4) is 23.0 Å². The summed E-state index contributed by atoms with van der Waals surface area (Å²) in [4.78, 5) is 26.6. The van der Waals surface area contributed by atoms with Crippen molar-refractivity contribution in [3.05, 3.63) is 75.8 Å². The fourth-order valence-electron chi connectivity index (χ4n) is 2.98. The summed E-state index contributed by atoms with van der Waals surface area (Å²) in [5.74, 6) is -0.246. The number of esters is 1. The zero-order valence-electron chi connectivity index (χ0n) is 15.2. The number of nitrogens with one attached hydrogen (secondary N) is 1. The molecular weight excluding hydrogens is 342 g/mol. The smallest absolute Gasteiger partial charge is 0.330 e. The normalized spacial score (nSPS) is 10.4. The van der Waals surface area contributed by atoms with Gasteiger partial charge in [0.2, 0.25) is 0 Å². The number of imidazole rings is 1. The molecule has 0 spiro atoms. The number of hydrogen-bond donors (Lipinski definition) is 1. The maximum atomic E-state index is 12.5. The fourth-order valence-corrected chi connectivity index (χ4v) is 2.98. The molecule has 3 aromatic rings. The van der Waals surface area contributed by atoms with Crippen molar-refractivity contribution in [2.24, 2.45) is 0 Å². The van der Waals surface area contributed by atoms with Crippen molar-refractivity contribution in [2.45, 2.75) is 19.8 Å². The van der Waals surface area contributed by atoms with Gasteiger partial charge in [-0.25, -0.2) is 4.79 Å². The highest BCUT2D eigenvalue weighted by molar-refractivity contribution is 5.69. The van der Waals surface area contributed by atoms with Gasteiger partial charge in [-0.1, -0.05) is 24.3 Å². The van der Waals surface area contributed by atoms with Crippen LogP contribution in [0.5, 0.6) is 0 Å². The van der Waals surface area contributed by atoms with Gasteiger partial charge in [0.1, 0.15) is 0 Å². The van der Waals surface area contributed by atoms with Crippen LogP contribution in [0.4, 0.5) is 0 Å². The lowest BCUT2D eigenvalue weighted by atomic mass is 10.1. The Labute approximate surface area is 156 Å². The van der Waals surface area contributed by atoms with Gasteiger partial charge in [0.15, 0.2) is 0 Å². The second-order valence-electron chi connectivity index (χ2n) is 6.16. The Morgan fingerprint density at radius 1 is 1.15 bits per heavy atom. The summed E-state index contributed by atoms with van der Waals surface area (Å²) >= 11 is 0. The molecule has 0 unspecified atom stereocenters. The minimum atomic E-state index is -0.246. The quantitative estimate of drug-likeness (QED) is 0.707. The number of aromatic nitrogens is 2. The van der Waals surface area contributed by atoms with E-state index in [1.165, 1.54) is 7.11 Å². The minimum Gasteiger partial charge on any atom is -0.469 e. The number of carbonyl (C=O) groups excluding carboxylic acids is 1. The maximum absolute atomic E-state index is 12.5. The van der Waals surface area contributed by atoms with Gasteiger partial charge >= 0.3 is 11.7 Å². The summed E-state index contributed by atoms with van der Waals surface area (Å²) in [6.45, 7) is 1.87. The number of H-pyrrole nitrogens is 1. The van der Waals surface area contributed by atoms with E-state index in [1.54, 1.807) is 16.7 Å². The van der Waals surface area contributed by atoms with E-state index in [2.05, 4.69) is 15.8 Å². The van der Waals surface area contributed by atoms with E-state index in [9.17, 15) is 9.59 Å². The van der Waals surface area contributed by atoms with Gasteiger partial charge in [-0.05, 0) is 48.7 Å². The first-order chi connectivity index (χ1) is 13.0. The molecular formula is C21H19N3O3. The molecule has 0 amide bonds. The number of nitrogens with zero attached hydrogens (tertiary/aromatic N) is 2.